The van der Waals surface area contributed by atoms with Gasteiger partial charge in [0.2, 0.25) is 11.8 Å². The van der Waals surface area contributed by atoms with Crippen molar-refractivity contribution >= 4 is 23.2 Å². The van der Waals surface area contributed by atoms with E-state index in [1.54, 1.807) is 33.3 Å². The van der Waals surface area contributed by atoms with Crippen molar-refractivity contribution in [3.8, 4) is 0 Å². The Hall–Kier alpha value is -2.99. The first-order chi connectivity index (χ1) is 15.9. The number of hydrogen-bond donors (Lipinski definition) is 0. The molecule has 4 rings (SSSR count). The van der Waals surface area contributed by atoms with E-state index >= 15 is 0 Å². The van der Waals surface area contributed by atoms with E-state index < -0.39 is 0 Å². The molecular weight excluding hydrogens is 435 g/mol. The minimum atomic E-state index is -0.302. The molecule has 0 spiro atoms. The fourth-order valence-corrected chi connectivity index (χ4v) is 4.86. The van der Waals surface area contributed by atoms with Crippen LogP contribution in [0.1, 0.15) is 42.2 Å². The van der Waals surface area contributed by atoms with Crippen molar-refractivity contribution in [2.24, 2.45) is 5.92 Å². The van der Waals surface area contributed by atoms with Gasteiger partial charge in [-0.05, 0) is 60.9 Å². The maximum absolute atomic E-state index is 13.4. The first-order valence-electron chi connectivity index (χ1n) is 11.3. The Bertz CT molecular complexity index is 1070. The summed E-state index contributed by atoms with van der Waals surface area (Å²) in [6.45, 7) is 4.78. The molecule has 172 valence electrons. The van der Waals surface area contributed by atoms with Crippen LogP contribution >= 0.6 is 11.3 Å². The summed E-state index contributed by atoms with van der Waals surface area (Å²) in [5.41, 5.74) is 2.04. The predicted molar refractivity (Wildman–Crippen MR) is 129 cm³/mol. The number of rotatable bonds is 9. The lowest BCUT2D eigenvalue weighted by molar-refractivity contribution is -0.143. The van der Waals surface area contributed by atoms with Gasteiger partial charge in [-0.25, -0.2) is 4.39 Å². The van der Waals surface area contributed by atoms with E-state index in [1.807, 2.05) is 49.6 Å². The van der Waals surface area contributed by atoms with Crippen LogP contribution in [-0.2, 0) is 22.7 Å². The molecule has 33 heavy (non-hydrogen) atoms. The highest BCUT2D eigenvalue weighted by atomic mass is 32.1. The maximum Gasteiger partial charge on any atom is 0.242 e. The van der Waals surface area contributed by atoms with Crippen molar-refractivity contribution in [3.63, 3.8) is 0 Å². The van der Waals surface area contributed by atoms with E-state index in [0.29, 0.717) is 13.1 Å². The van der Waals surface area contributed by atoms with Crippen LogP contribution in [0.4, 0.5) is 4.39 Å². The molecule has 2 atom stereocenters. The van der Waals surface area contributed by atoms with Crippen molar-refractivity contribution in [2.45, 2.75) is 45.3 Å². The average molecular weight is 465 g/mol. The summed E-state index contributed by atoms with van der Waals surface area (Å²) < 4.78 is 13.4. The van der Waals surface area contributed by atoms with Gasteiger partial charge in [-0.15, -0.1) is 11.3 Å². The molecule has 3 aromatic rings. The molecule has 0 aliphatic heterocycles. The van der Waals surface area contributed by atoms with Gasteiger partial charge in [-0.2, -0.15) is 0 Å². The number of carbonyl (C=O) groups is 2. The quantitative estimate of drug-likeness (QED) is 0.422. The van der Waals surface area contributed by atoms with Crippen LogP contribution in [0, 0.1) is 11.7 Å². The molecule has 2 unspecified atom stereocenters. The van der Waals surface area contributed by atoms with Gasteiger partial charge < -0.3 is 9.80 Å². The smallest absolute Gasteiger partial charge is 0.242 e. The average Bonchev–Trinajstić information content (AvgIpc) is 3.46. The SMILES string of the molecule is CC(C)N(CC(=O)N(Cc1ccc(F)cc1)Cc1cccs1)C(=O)C1CC1c1ccccc1. The zero-order chi connectivity index (χ0) is 23.4. The molecule has 0 radical (unpaired) electrons. The Balaban J connectivity index is 1.47. The van der Waals surface area contributed by atoms with Crippen LogP contribution in [-0.4, -0.2) is 34.2 Å². The molecule has 4 nitrogen and oxygen atoms in total. The Morgan fingerprint density at radius 1 is 1.00 bits per heavy atom. The van der Waals surface area contributed by atoms with Crippen molar-refractivity contribution in [1.29, 1.82) is 0 Å². The number of carbonyl (C=O) groups excluding carboxylic acids is 2. The fourth-order valence-electron chi connectivity index (χ4n) is 4.14. The second kappa shape index (κ2) is 10.3. The highest BCUT2D eigenvalue weighted by Crippen LogP contribution is 2.48. The lowest BCUT2D eigenvalue weighted by atomic mass is 10.1. The molecule has 0 N–H and O–H groups in total. The maximum atomic E-state index is 13.4. The summed E-state index contributed by atoms with van der Waals surface area (Å²) in [5.74, 6) is -0.192. The van der Waals surface area contributed by atoms with E-state index in [0.717, 1.165) is 16.9 Å². The first kappa shape index (κ1) is 23.2. The van der Waals surface area contributed by atoms with E-state index in [1.165, 1.54) is 17.7 Å². The number of benzene rings is 2. The van der Waals surface area contributed by atoms with Gasteiger partial charge in [0.1, 0.15) is 12.4 Å². The lowest BCUT2D eigenvalue weighted by Crippen LogP contribution is -2.46. The Kier molecular flexibility index (Phi) is 7.23. The number of nitrogens with zero attached hydrogens (tertiary/aromatic N) is 2. The summed E-state index contributed by atoms with van der Waals surface area (Å²) in [4.78, 5) is 31.3. The van der Waals surface area contributed by atoms with Gasteiger partial charge in [0, 0.05) is 23.4 Å². The molecule has 2 aromatic carbocycles. The van der Waals surface area contributed by atoms with Gasteiger partial charge in [-0.3, -0.25) is 9.59 Å². The zero-order valence-electron chi connectivity index (χ0n) is 19.0. The van der Waals surface area contributed by atoms with Crippen LogP contribution in [0.5, 0.6) is 0 Å². The van der Waals surface area contributed by atoms with Crippen LogP contribution < -0.4 is 0 Å². The van der Waals surface area contributed by atoms with Gasteiger partial charge in [0.05, 0.1) is 6.54 Å². The fraction of sp³-hybridized carbons (Fsp3) is 0.333. The number of amides is 2. The Labute approximate surface area is 198 Å². The van der Waals surface area contributed by atoms with E-state index in [2.05, 4.69) is 12.1 Å². The molecular formula is C27H29FN2O2S. The normalized spacial score (nSPS) is 17.1. The van der Waals surface area contributed by atoms with Crippen molar-refractivity contribution in [2.75, 3.05) is 6.54 Å². The third-order valence-corrected chi connectivity index (χ3v) is 6.97. The van der Waals surface area contributed by atoms with Crippen LogP contribution in [0.3, 0.4) is 0 Å². The summed E-state index contributed by atoms with van der Waals surface area (Å²) in [6, 6.07) is 20.2. The lowest BCUT2D eigenvalue weighted by Gasteiger charge is -2.30. The van der Waals surface area contributed by atoms with Crippen LogP contribution in [0.2, 0.25) is 0 Å². The Morgan fingerprint density at radius 2 is 1.73 bits per heavy atom. The molecule has 1 fully saturated rings. The molecule has 1 saturated carbocycles. The molecule has 1 aliphatic carbocycles. The van der Waals surface area contributed by atoms with Gasteiger partial charge in [-0.1, -0.05) is 48.5 Å². The van der Waals surface area contributed by atoms with E-state index in [-0.39, 0.29) is 42.1 Å². The summed E-state index contributed by atoms with van der Waals surface area (Å²) in [6.07, 6.45) is 0.828. The van der Waals surface area contributed by atoms with E-state index in [9.17, 15) is 14.0 Å². The van der Waals surface area contributed by atoms with Crippen molar-refractivity contribution < 1.29 is 14.0 Å². The molecule has 1 heterocycles. The minimum absolute atomic E-state index is 0.0427. The topological polar surface area (TPSA) is 40.6 Å². The molecule has 2 amide bonds. The zero-order valence-corrected chi connectivity index (χ0v) is 19.8. The second-order valence-corrected chi connectivity index (χ2v) is 9.91. The number of halogens is 1. The van der Waals surface area contributed by atoms with Gasteiger partial charge in [0.25, 0.3) is 0 Å². The molecule has 1 aliphatic rings. The molecule has 6 heteroatoms. The summed E-state index contributed by atoms with van der Waals surface area (Å²) in [5, 5.41) is 1.98. The van der Waals surface area contributed by atoms with Crippen molar-refractivity contribution in [3.05, 3.63) is 93.9 Å². The predicted octanol–water partition coefficient (Wildman–Crippen LogP) is 5.46. The number of hydrogen-bond acceptors (Lipinski definition) is 3. The largest absolute Gasteiger partial charge is 0.332 e. The summed E-state index contributed by atoms with van der Waals surface area (Å²) >= 11 is 1.59. The number of thiophene rings is 1. The van der Waals surface area contributed by atoms with Gasteiger partial charge in [0.15, 0.2) is 0 Å². The molecule has 1 aromatic heterocycles. The van der Waals surface area contributed by atoms with E-state index in [4.69, 9.17) is 0 Å². The van der Waals surface area contributed by atoms with Crippen LogP contribution in [0.25, 0.3) is 0 Å². The second-order valence-electron chi connectivity index (χ2n) is 8.87. The third-order valence-electron chi connectivity index (χ3n) is 6.11. The highest BCUT2D eigenvalue weighted by molar-refractivity contribution is 7.09. The van der Waals surface area contributed by atoms with Gasteiger partial charge >= 0.3 is 0 Å². The highest BCUT2D eigenvalue weighted by Gasteiger charge is 2.46. The first-order valence-corrected chi connectivity index (χ1v) is 12.2. The standard InChI is InChI=1S/C27H29FN2O2S/c1-19(2)30(27(32)25-15-24(25)21-7-4-3-5-8-21)18-26(31)29(17-23-9-6-14-33-23)16-20-10-12-22(28)13-11-20/h3-14,19,24-25H,15-18H2,1-2H3. The van der Waals surface area contributed by atoms with Crippen LogP contribution in [0.15, 0.2) is 72.1 Å². The monoisotopic (exact) mass is 464 g/mol. The molecule has 0 saturated heterocycles. The molecule has 0 bridgehead atoms. The van der Waals surface area contributed by atoms with Crippen molar-refractivity contribution in [1.82, 2.24) is 9.80 Å². The Morgan fingerprint density at radius 3 is 2.36 bits per heavy atom. The summed E-state index contributed by atoms with van der Waals surface area (Å²) in [7, 11) is 0. The minimum Gasteiger partial charge on any atom is -0.332 e. The third kappa shape index (κ3) is 5.88.